The van der Waals surface area contributed by atoms with Gasteiger partial charge in [0, 0.05) is 42.8 Å². The zero-order chi connectivity index (χ0) is 21.0. The van der Waals surface area contributed by atoms with Crippen molar-refractivity contribution >= 4 is 17.5 Å². The van der Waals surface area contributed by atoms with E-state index in [9.17, 15) is 9.59 Å². The number of hydrogen-bond acceptors (Lipinski definition) is 4. The van der Waals surface area contributed by atoms with Crippen LogP contribution in [0, 0.1) is 0 Å². The molecular weight excluding hydrogens is 366 g/mol. The van der Waals surface area contributed by atoms with Crippen LogP contribution in [0.1, 0.15) is 41.5 Å². The maximum absolute atomic E-state index is 13.0. The first-order chi connectivity index (χ1) is 13.8. The van der Waals surface area contributed by atoms with Gasteiger partial charge in [-0.15, -0.1) is 0 Å². The monoisotopic (exact) mass is 395 g/mol. The van der Waals surface area contributed by atoms with Crippen molar-refractivity contribution in [2.75, 3.05) is 38.2 Å². The molecule has 29 heavy (non-hydrogen) atoms. The minimum Gasteiger partial charge on any atom is -0.495 e. The Bertz CT molecular complexity index is 881. The number of amides is 2. The molecule has 0 unspecified atom stereocenters. The molecule has 1 aliphatic rings. The smallest absolute Gasteiger partial charge is 0.253 e. The molecule has 0 saturated carbocycles. The van der Waals surface area contributed by atoms with E-state index in [1.807, 2.05) is 49.9 Å². The second-order valence-corrected chi connectivity index (χ2v) is 8.24. The number of piperazine rings is 1. The lowest BCUT2D eigenvalue weighted by molar-refractivity contribution is 0.0746. The Balaban J connectivity index is 1.67. The molecule has 0 bridgehead atoms. The SMILES string of the molecule is COc1ccccc1N1CCN(C(=O)c2cccc(C(=O)NC(C)(C)C)c2)CC1. The van der Waals surface area contributed by atoms with E-state index < -0.39 is 0 Å². The maximum Gasteiger partial charge on any atom is 0.253 e. The summed E-state index contributed by atoms with van der Waals surface area (Å²) in [6.45, 7) is 8.50. The lowest BCUT2D eigenvalue weighted by Crippen LogP contribution is -2.49. The van der Waals surface area contributed by atoms with Gasteiger partial charge in [-0.25, -0.2) is 0 Å². The van der Waals surface area contributed by atoms with E-state index in [4.69, 9.17) is 4.74 Å². The van der Waals surface area contributed by atoms with E-state index in [-0.39, 0.29) is 17.4 Å². The van der Waals surface area contributed by atoms with E-state index in [0.29, 0.717) is 24.2 Å². The quantitative estimate of drug-likeness (QED) is 0.864. The minimum atomic E-state index is -0.327. The summed E-state index contributed by atoms with van der Waals surface area (Å²) in [6.07, 6.45) is 0. The Hall–Kier alpha value is -3.02. The van der Waals surface area contributed by atoms with Crippen LogP contribution in [0.4, 0.5) is 5.69 Å². The molecule has 1 N–H and O–H groups in total. The molecule has 0 atom stereocenters. The highest BCUT2D eigenvalue weighted by Crippen LogP contribution is 2.28. The van der Waals surface area contributed by atoms with Gasteiger partial charge in [0.2, 0.25) is 0 Å². The molecule has 1 aliphatic heterocycles. The van der Waals surface area contributed by atoms with E-state index >= 15 is 0 Å². The summed E-state index contributed by atoms with van der Waals surface area (Å²) in [6, 6.07) is 14.9. The van der Waals surface area contributed by atoms with Crippen LogP contribution in [0.5, 0.6) is 5.75 Å². The lowest BCUT2D eigenvalue weighted by atomic mass is 10.1. The van der Waals surface area contributed by atoms with Gasteiger partial charge in [0.25, 0.3) is 11.8 Å². The average molecular weight is 396 g/mol. The van der Waals surface area contributed by atoms with Crippen molar-refractivity contribution in [2.45, 2.75) is 26.3 Å². The van der Waals surface area contributed by atoms with Crippen LogP contribution in [0.25, 0.3) is 0 Å². The minimum absolute atomic E-state index is 0.0462. The number of nitrogens with zero attached hydrogens (tertiary/aromatic N) is 2. The molecule has 3 rings (SSSR count). The first-order valence-electron chi connectivity index (χ1n) is 9.88. The van der Waals surface area contributed by atoms with Crippen molar-refractivity contribution in [3.63, 3.8) is 0 Å². The van der Waals surface area contributed by atoms with Gasteiger partial charge in [-0.3, -0.25) is 9.59 Å². The molecule has 154 valence electrons. The third kappa shape index (κ3) is 5.08. The van der Waals surface area contributed by atoms with Crippen LogP contribution in [0.15, 0.2) is 48.5 Å². The molecule has 0 spiro atoms. The zero-order valence-electron chi connectivity index (χ0n) is 17.6. The van der Waals surface area contributed by atoms with Gasteiger partial charge in [0.15, 0.2) is 0 Å². The largest absolute Gasteiger partial charge is 0.495 e. The summed E-state index contributed by atoms with van der Waals surface area (Å²) in [7, 11) is 1.67. The van der Waals surface area contributed by atoms with E-state index in [1.165, 1.54) is 0 Å². The fourth-order valence-electron chi connectivity index (χ4n) is 3.43. The number of benzene rings is 2. The number of anilines is 1. The average Bonchev–Trinajstić information content (AvgIpc) is 2.72. The highest BCUT2D eigenvalue weighted by atomic mass is 16.5. The van der Waals surface area contributed by atoms with Gasteiger partial charge in [-0.05, 0) is 51.1 Å². The summed E-state index contributed by atoms with van der Waals surface area (Å²) in [5, 5.41) is 2.93. The van der Waals surface area contributed by atoms with Crippen LogP contribution in [-0.4, -0.2) is 55.5 Å². The van der Waals surface area contributed by atoms with Crippen molar-refractivity contribution in [1.82, 2.24) is 10.2 Å². The van der Waals surface area contributed by atoms with Crippen molar-refractivity contribution < 1.29 is 14.3 Å². The fraction of sp³-hybridized carbons (Fsp3) is 0.391. The van der Waals surface area contributed by atoms with Gasteiger partial charge in [-0.1, -0.05) is 18.2 Å². The van der Waals surface area contributed by atoms with Crippen molar-refractivity contribution in [2.24, 2.45) is 0 Å². The fourth-order valence-corrected chi connectivity index (χ4v) is 3.43. The van der Waals surface area contributed by atoms with Gasteiger partial charge in [-0.2, -0.15) is 0 Å². The Morgan fingerprint density at radius 3 is 2.24 bits per heavy atom. The number of hydrogen-bond donors (Lipinski definition) is 1. The molecule has 2 amide bonds. The summed E-state index contributed by atoms with van der Waals surface area (Å²) in [5.41, 5.74) is 1.75. The van der Waals surface area contributed by atoms with Gasteiger partial charge in [0.1, 0.15) is 5.75 Å². The van der Waals surface area contributed by atoms with Crippen LogP contribution in [-0.2, 0) is 0 Å². The molecule has 2 aromatic carbocycles. The lowest BCUT2D eigenvalue weighted by Gasteiger charge is -2.36. The summed E-state index contributed by atoms with van der Waals surface area (Å²) < 4.78 is 5.45. The third-order valence-electron chi connectivity index (χ3n) is 4.85. The molecule has 1 saturated heterocycles. The maximum atomic E-state index is 13.0. The molecule has 0 radical (unpaired) electrons. The van der Waals surface area contributed by atoms with Crippen LogP contribution in [0.3, 0.4) is 0 Å². The summed E-state index contributed by atoms with van der Waals surface area (Å²) in [4.78, 5) is 29.5. The molecule has 6 heteroatoms. The Kier molecular flexibility index (Phi) is 6.11. The molecular formula is C23H29N3O3. The number of ether oxygens (including phenoxy) is 1. The molecule has 0 aromatic heterocycles. The first kappa shape index (κ1) is 20.7. The third-order valence-corrected chi connectivity index (χ3v) is 4.85. The Morgan fingerprint density at radius 2 is 1.59 bits per heavy atom. The first-order valence-corrected chi connectivity index (χ1v) is 9.88. The second kappa shape index (κ2) is 8.55. The summed E-state index contributed by atoms with van der Waals surface area (Å²) >= 11 is 0. The highest BCUT2D eigenvalue weighted by molar-refractivity contribution is 6.00. The number of para-hydroxylation sites is 2. The predicted molar refractivity (Wildman–Crippen MR) is 115 cm³/mol. The van der Waals surface area contributed by atoms with Crippen molar-refractivity contribution in [3.8, 4) is 5.75 Å². The van der Waals surface area contributed by atoms with Crippen molar-refractivity contribution in [3.05, 3.63) is 59.7 Å². The van der Waals surface area contributed by atoms with Crippen LogP contribution < -0.4 is 15.0 Å². The second-order valence-electron chi connectivity index (χ2n) is 8.24. The number of methoxy groups -OCH3 is 1. The Labute approximate surface area is 172 Å². The molecule has 1 fully saturated rings. The van der Waals surface area contributed by atoms with Gasteiger partial charge < -0.3 is 19.9 Å². The zero-order valence-corrected chi connectivity index (χ0v) is 17.6. The summed E-state index contributed by atoms with van der Waals surface area (Å²) in [5.74, 6) is 0.619. The normalized spacial score (nSPS) is 14.5. The van der Waals surface area contributed by atoms with Crippen molar-refractivity contribution in [1.29, 1.82) is 0 Å². The topological polar surface area (TPSA) is 61.9 Å². The molecule has 6 nitrogen and oxygen atoms in total. The molecule has 1 heterocycles. The van der Waals surface area contributed by atoms with Gasteiger partial charge in [0.05, 0.1) is 12.8 Å². The molecule has 0 aliphatic carbocycles. The number of carbonyl (C=O) groups is 2. The van der Waals surface area contributed by atoms with Crippen LogP contribution in [0.2, 0.25) is 0 Å². The number of carbonyl (C=O) groups excluding carboxylic acids is 2. The van der Waals surface area contributed by atoms with E-state index in [0.717, 1.165) is 24.5 Å². The predicted octanol–water partition coefficient (Wildman–Crippen LogP) is 3.19. The Morgan fingerprint density at radius 1 is 0.931 bits per heavy atom. The van der Waals surface area contributed by atoms with Gasteiger partial charge >= 0.3 is 0 Å². The number of rotatable bonds is 4. The molecule has 2 aromatic rings. The highest BCUT2D eigenvalue weighted by Gasteiger charge is 2.24. The standard InChI is InChI=1S/C23H29N3O3/c1-23(2,3)24-21(27)17-8-7-9-18(16-17)22(28)26-14-12-25(13-15-26)19-10-5-6-11-20(19)29-4/h5-11,16H,12-15H2,1-4H3,(H,24,27). The number of nitrogens with one attached hydrogen (secondary N) is 1. The van der Waals surface area contributed by atoms with E-state index in [2.05, 4.69) is 10.2 Å². The van der Waals surface area contributed by atoms with E-state index in [1.54, 1.807) is 31.4 Å². The van der Waals surface area contributed by atoms with Crippen LogP contribution >= 0.6 is 0 Å².